The first-order chi connectivity index (χ1) is 8.65. The van der Waals surface area contributed by atoms with Crippen molar-refractivity contribution in [2.24, 2.45) is 5.73 Å². The molecule has 1 aromatic heterocycles. The molecule has 4 nitrogen and oxygen atoms in total. The van der Waals surface area contributed by atoms with Crippen LogP contribution < -0.4 is 5.73 Å². The van der Waals surface area contributed by atoms with E-state index in [1.165, 1.54) is 11.1 Å². The minimum Gasteiger partial charge on any atom is -0.339 e. The Labute approximate surface area is 106 Å². The average molecular weight is 243 g/mol. The first kappa shape index (κ1) is 11.4. The Bertz CT molecular complexity index is 572. The number of benzene rings is 1. The number of aromatic nitrogens is 2. The summed E-state index contributed by atoms with van der Waals surface area (Å²) in [6.07, 6.45) is 2.31. The normalized spacial score (nSPS) is 16.8. The van der Waals surface area contributed by atoms with Gasteiger partial charge in [0.25, 0.3) is 0 Å². The van der Waals surface area contributed by atoms with Crippen molar-refractivity contribution in [2.45, 2.75) is 38.6 Å². The van der Waals surface area contributed by atoms with Crippen LogP contribution in [0.5, 0.6) is 0 Å². The van der Waals surface area contributed by atoms with Crippen LogP contribution in [0.25, 0.3) is 0 Å². The second kappa shape index (κ2) is 4.21. The summed E-state index contributed by atoms with van der Waals surface area (Å²) in [5, 5.41) is 3.99. The molecule has 1 fully saturated rings. The highest BCUT2D eigenvalue weighted by Gasteiger charge is 2.30. The summed E-state index contributed by atoms with van der Waals surface area (Å²) in [5.74, 6) is 1.79. The Kier molecular flexibility index (Phi) is 2.67. The molecule has 1 heterocycles. The molecule has 1 aliphatic carbocycles. The summed E-state index contributed by atoms with van der Waals surface area (Å²) >= 11 is 0. The van der Waals surface area contributed by atoms with E-state index in [9.17, 15) is 0 Å². The van der Waals surface area contributed by atoms with Gasteiger partial charge in [-0.3, -0.25) is 0 Å². The molecule has 0 spiro atoms. The molecule has 94 valence electrons. The molecule has 1 atom stereocenters. The van der Waals surface area contributed by atoms with Crippen LogP contribution in [0.15, 0.2) is 22.7 Å². The van der Waals surface area contributed by atoms with Gasteiger partial charge in [-0.2, -0.15) is 4.98 Å². The molecule has 1 aliphatic rings. The lowest BCUT2D eigenvalue weighted by Crippen LogP contribution is -2.14. The van der Waals surface area contributed by atoms with Gasteiger partial charge in [-0.25, -0.2) is 0 Å². The topological polar surface area (TPSA) is 64.9 Å². The fourth-order valence-corrected chi connectivity index (χ4v) is 1.98. The molecule has 1 saturated carbocycles. The summed E-state index contributed by atoms with van der Waals surface area (Å²) in [4.78, 5) is 4.40. The maximum Gasteiger partial charge on any atom is 0.229 e. The van der Waals surface area contributed by atoms with E-state index in [0.717, 1.165) is 24.3 Å². The van der Waals surface area contributed by atoms with Gasteiger partial charge in [0.05, 0.1) is 6.04 Å². The van der Waals surface area contributed by atoms with Gasteiger partial charge < -0.3 is 10.3 Å². The molecule has 4 heteroatoms. The van der Waals surface area contributed by atoms with Gasteiger partial charge in [-0.05, 0) is 43.4 Å². The largest absolute Gasteiger partial charge is 0.339 e. The standard InChI is InChI=1S/C14H17N3O/c1-8-3-4-11(7-9(8)2)12(15)13-16-14(18-17-13)10-5-6-10/h3-4,7,10,12H,5-6,15H2,1-2H3. The number of hydrogen-bond acceptors (Lipinski definition) is 4. The molecule has 2 aromatic rings. The molecule has 1 unspecified atom stereocenters. The van der Waals surface area contributed by atoms with Crippen LogP contribution >= 0.6 is 0 Å². The smallest absolute Gasteiger partial charge is 0.229 e. The summed E-state index contributed by atoms with van der Waals surface area (Å²) < 4.78 is 5.24. The maximum atomic E-state index is 6.18. The molecule has 0 radical (unpaired) electrons. The number of rotatable bonds is 3. The Hall–Kier alpha value is -1.68. The van der Waals surface area contributed by atoms with E-state index in [-0.39, 0.29) is 6.04 Å². The monoisotopic (exact) mass is 243 g/mol. The molecule has 3 rings (SSSR count). The van der Waals surface area contributed by atoms with Gasteiger partial charge >= 0.3 is 0 Å². The van der Waals surface area contributed by atoms with E-state index in [1.54, 1.807) is 0 Å². The highest BCUT2D eigenvalue weighted by atomic mass is 16.5. The summed E-state index contributed by atoms with van der Waals surface area (Å²) in [5.41, 5.74) is 9.71. The van der Waals surface area contributed by atoms with Crippen LogP contribution in [0.4, 0.5) is 0 Å². The second-order valence-corrected chi connectivity index (χ2v) is 5.09. The second-order valence-electron chi connectivity index (χ2n) is 5.09. The molecule has 1 aromatic carbocycles. The SMILES string of the molecule is Cc1ccc(C(N)c2noc(C3CC3)n2)cc1C. The number of nitrogens with zero attached hydrogens (tertiary/aromatic N) is 2. The predicted octanol–water partition coefficient (Wildman–Crippen LogP) is 2.61. The first-order valence-electron chi connectivity index (χ1n) is 6.31. The Morgan fingerprint density at radius 1 is 1.28 bits per heavy atom. The van der Waals surface area contributed by atoms with Crippen molar-refractivity contribution in [1.29, 1.82) is 0 Å². The predicted molar refractivity (Wildman–Crippen MR) is 68.2 cm³/mol. The molecular weight excluding hydrogens is 226 g/mol. The Morgan fingerprint density at radius 2 is 2.06 bits per heavy atom. The van der Waals surface area contributed by atoms with Gasteiger partial charge in [-0.1, -0.05) is 23.4 Å². The fraction of sp³-hybridized carbons (Fsp3) is 0.429. The molecule has 18 heavy (non-hydrogen) atoms. The van der Waals surface area contributed by atoms with Gasteiger partial charge in [-0.15, -0.1) is 0 Å². The third-order valence-electron chi connectivity index (χ3n) is 3.55. The van der Waals surface area contributed by atoms with E-state index in [4.69, 9.17) is 10.3 Å². The van der Waals surface area contributed by atoms with E-state index in [0.29, 0.717) is 11.7 Å². The third kappa shape index (κ3) is 2.04. The van der Waals surface area contributed by atoms with Crippen LogP contribution in [0.1, 0.15) is 53.2 Å². The van der Waals surface area contributed by atoms with Crippen LogP contribution in [0.2, 0.25) is 0 Å². The zero-order valence-corrected chi connectivity index (χ0v) is 10.7. The van der Waals surface area contributed by atoms with Crippen molar-refractivity contribution in [3.63, 3.8) is 0 Å². The Balaban J connectivity index is 1.87. The molecule has 0 aliphatic heterocycles. The lowest BCUT2D eigenvalue weighted by molar-refractivity contribution is 0.372. The van der Waals surface area contributed by atoms with Crippen molar-refractivity contribution < 1.29 is 4.52 Å². The maximum absolute atomic E-state index is 6.18. The van der Waals surface area contributed by atoms with Crippen molar-refractivity contribution >= 4 is 0 Å². The fourth-order valence-electron chi connectivity index (χ4n) is 1.98. The molecular formula is C14H17N3O. The van der Waals surface area contributed by atoms with E-state index >= 15 is 0 Å². The minimum atomic E-state index is -0.305. The van der Waals surface area contributed by atoms with Crippen molar-refractivity contribution in [1.82, 2.24) is 10.1 Å². The third-order valence-corrected chi connectivity index (χ3v) is 3.55. The summed E-state index contributed by atoms with van der Waals surface area (Å²) in [6.45, 7) is 4.17. The van der Waals surface area contributed by atoms with Crippen molar-refractivity contribution in [3.8, 4) is 0 Å². The molecule has 0 saturated heterocycles. The average Bonchev–Trinajstić information content (AvgIpc) is 3.10. The van der Waals surface area contributed by atoms with Gasteiger partial charge in [0, 0.05) is 5.92 Å². The van der Waals surface area contributed by atoms with Gasteiger partial charge in [0.2, 0.25) is 5.89 Å². The number of nitrogens with two attached hydrogens (primary N) is 1. The van der Waals surface area contributed by atoms with Crippen LogP contribution in [-0.4, -0.2) is 10.1 Å². The summed E-state index contributed by atoms with van der Waals surface area (Å²) in [7, 11) is 0. The van der Waals surface area contributed by atoms with Gasteiger partial charge in [0.15, 0.2) is 5.82 Å². The van der Waals surface area contributed by atoms with Crippen LogP contribution in [0, 0.1) is 13.8 Å². The van der Waals surface area contributed by atoms with Crippen molar-refractivity contribution in [2.75, 3.05) is 0 Å². The van der Waals surface area contributed by atoms with Crippen LogP contribution in [0.3, 0.4) is 0 Å². The molecule has 0 bridgehead atoms. The number of hydrogen-bond donors (Lipinski definition) is 1. The number of aryl methyl sites for hydroxylation is 2. The lowest BCUT2D eigenvalue weighted by Gasteiger charge is -2.09. The van der Waals surface area contributed by atoms with Crippen LogP contribution in [-0.2, 0) is 0 Å². The first-order valence-corrected chi connectivity index (χ1v) is 6.31. The quantitative estimate of drug-likeness (QED) is 0.900. The minimum absolute atomic E-state index is 0.305. The molecule has 2 N–H and O–H groups in total. The van der Waals surface area contributed by atoms with Crippen molar-refractivity contribution in [3.05, 3.63) is 46.6 Å². The van der Waals surface area contributed by atoms with Gasteiger partial charge in [0.1, 0.15) is 0 Å². The van der Waals surface area contributed by atoms with E-state index < -0.39 is 0 Å². The highest BCUT2D eigenvalue weighted by Crippen LogP contribution is 2.39. The lowest BCUT2D eigenvalue weighted by atomic mass is 10.0. The highest BCUT2D eigenvalue weighted by molar-refractivity contribution is 5.33. The van der Waals surface area contributed by atoms with E-state index in [2.05, 4.69) is 36.1 Å². The summed E-state index contributed by atoms with van der Waals surface area (Å²) in [6, 6.07) is 5.89. The Morgan fingerprint density at radius 3 is 2.72 bits per heavy atom. The zero-order chi connectivity index (χ0) is 12.7. The zero-order valence-electron chi connectivity index (χ0n) is 10.7. The van der Waals surface area contributed by atoms with E-state index in [1.807, 2.05) is 6.07 Å². The molecule has 0 amide bonds.